The number of allylic oxidation sites excluding steroid dienone is 1. The fourth-order valence-corrected chi connectivity index (χ4v) is 3.14. The number of rotatable bonds is 7. The molecular weight excluding hydrogens is 206 g/mol. The lowest BCUT2D eigenvalue weighted by molar-refractivity contribution is 0.348. The van der Waals surface area contributed by atoms with Crippen molar-refractivity contribution in [1.82, 2.24) is 5.32 Å². The molecule has 2 aliphatic rings. The second kappa shape index (κ2) is 6.58. The molecule has 0 heterocycles. The summed E-state index contributed by atoms with van der Waals surface area (Å²) in [5.74, 6) is 1.67. The lowest BCUT2D eigenvalue weighted by atomic mass is 9.80. The fraction of sp³-hybridized carbons (Fsp3) is 0.875. The molecule has 0 radical (unpaired) electrons. The lowest BCUT2D eigenvalue weighted by Crippen LogP contribution is -2.30. The SMILES string of the molecule is CCCC(C)C(CNC1CC1)C1=CCCCC1. The summed E-state index contributed by atoms with van der Waals surface area (Å²) in [6.07, 6.45) is 13.6. The van der Waals surface area contributed by atoms with Crippen LogP contribution in [0.3, 0.4) is 0 Å². The minimum atomic E-state index is 0.816. The molecule has 2 atom stereocenters. The zero-order valence-electron chi connectivity index (χ0n) is 11.7. The third-order valence-electron chi connectivity index (χ3n) is 4.44. The Bertz CT molecular complexity index is 252. The second-order valence-electron chi connectivity index (χ2n) is 6.08. The Morgan fingerprint density at radius 2 is 2.18 bits per heavy atom. The maximum absolute atomic E-state index is 3.75. The van der Waals surface area contributed by atoms with E-state index in [0.29, 0.717) is 0 Å². The summed E-state index contributed by atoms with van der Waals surface area (Å²) in [6, 6.07) is 0.857. The van der Waals surface area contributed by atoms with Gasteiger partial charge in [0.05, 0.1) is 0 Å². The van der Waals surface area contributed by atoms with E-state index in [1.54, 1.807) is 5.57 Å². The van der Waals surface area contributed by atoms with Gasteiger partial charge in [-0.3, -0.25) is 0 Å². The average Bonchev–Trinajstić information content (AvgIpc) is 3.15. The Balaban J connectivity index is 1.91. The summed E-state index contributed by atoms with van der Waals surface area (Å²) < 4.78 is 0. The van der Waals surface area contributed by atoms with E-state index in [-0.39, 0.29) is 0 Å². The molecular formula is C16H29N. The Morgan fingerprint density at radius 3 is 2.76 bits per heavy atom. The fourth-order valence-electron chi connectivity index (χ4n) is 3.14. The Morgan fingerprint density at radius 1 is 1.35 bits per heavy atom. The molecule has 1 N–H and O–H groups in total. The van der Waals surface area contributed by atoms with Crippen molar-refractivity contribution in [3.8, 4) is 0 Å². The van der Waals surface area contributed by atoms with Crippen molar-refractivity contribution in [2.75, 3.05) is 6.54 Å². The van der Waals surface area contributed by atoms with Crippen LogP contribution >= 0.6 is 0 Å². The van der Waals surface area contributed by atoms with E-state index in [1.165, 1.54) is 57.9 Å². The van der Waals surface area contributed by atoms with Crippen molar-refractivity contribution < 1.29 is 0 Å². The highest BCUT2D eigenvalue weighted by Gasteiger charge is 2.26. The first-order valence-electron chi connectivity index (χ1n) is 7.73. The summed E-state index contributed by atoms with van der Waals surface area (Å²) in [5, 5.41) is 3.75. The van der Waals surface area contributed by atoms with Crippen molar-refractivity contribution in [2.45, 2.75) is 71.3 Å². The van der Waals surface area contributed by atoms with Crippen LogP contribution in [0.5, 0.6) is 0 Å². The van der Waals surface area contributed by atoms with E-state index < -0.39 is 0 Å². The molecule has 2 unspecified atom stereocenters. The third-order valence-corrected chi connectivity index (χ3v) is 4.44. The molecule has 0 amide bonds. The predicted octanol–water partition coefficient (Wildman–Crippen LogP) is 4.29. The van der Waals surface area contributed by atoms with Gasteiger partial charge in [-0.25, -0.2) is 0 Å². The zero-order chi connectivity index (χ0) is 12.1. The van der Waals surface area contributed by atoms with Crippen LogP contribution < -0.4 is 5.32 Å². The van der Waals surface area contributed by atoms with Crippen LogP contribution in [0.2, 0.25) is 0 Å². The van der Waals surface area contributed by atoms with Crippen LogP contribution in [0, 0.1) is 11.8 Å². The molecule has 1 nitrogen and oxygen atoms in total. The molecule has 1 fully saturated rings. The van der Waals surface area contributed by atoms with Gasteiger partial charge in [-0.2, -0.15) is 0 Å². The van der Waals surface area contributed by atoms with E-state index >= 15 is 0 Å². The first kappa shape index (κ1) is 13.1. The summed E-state index contributed by atoms with van der Waals surface area (Å²) in [4.78, 5) is 0. The lowest BCUT2D eigenvalue weighted by Gasteiger charge is -2.29. The van der Waals surface area contributed by atoms with Crippen molar-refractivity contribution in [3.05, 3.63) is 11.6 Å². The van der Waals surface area contributed by atoms with E-state index in [0.717, 1.165) is 17.9 Å². The van der Waals surface area contributed by atoms with Crippen molar-refractivity contribution in [2.24, 2.45) is 11.8 Å². The predicted molar refractivity (Wildman–Crippen MR) is 75.1 cm³/mol. The van der Waals surface area contributed by atoms with Crippen LogP contribution in [0.4, 0.5) is 0 Å². The van der Waals surface area contributed by atoms with Crippen LogP contribution in [0.15, 0.2) is 11.6 Å². The zero-order valence-corrected chi connectivity index (χ0v) is 11.7. The van der Waals surface area contributed by atoms with E-state index in [2.05, 4.69) is 25.2 Å². The first-order valence-corrected chi connectivity index (χ1v) is 7.73. The number of nitrogens with one attached hydrogen (secondary N) is 1. The average molecular weight is 235 g/mol. The minimum Gasteiger partial charge on any atom is -0.313 e. The highest BCUT2D eigenvalue weighted by atomic mass is 14.9. The highest BCUT2D eigenvalue weighted by Crippen LogP contribution is 2.32. The van der Waals surface area contributed by atoms with Gasteiger partial charge < -0.3 is 5.32 Å². The van der Waals surface area contributed by atoms with Gasteiger partial charge in [0.15, 0.2) is 0 Å². The number of hydrogen-bond donors (Lipinski definition) is 1. The molecule has 0 aromatic rings. The maximum Gasteiger partial charge on any atom is 0.00684 e. The van der Waals surface area contributed by atoms with Gasteiger partial charge in [-0.05, 0) is 50.4 Å². The summed E-state index contributed by atoms with van der Waals surface area (Å²) in [5.41, 5.74) is 1.77. The Kier molecular flexibility index (Phi) is 5.09. The molecule has 0 aliphatic heterocycles. The smallest absolute Gasteiger partial charge is 0.00684 e. The van der Waals surface area contributed by atoms with Crippen molar-refractivity contribution >= 4 is 0 Å². The van der Waals surface area contributed by atoms with Crippen LogP contribution in [-0.2, 0) is 0 Å². The molecule has 2 rings (SSSR count). The molecule has 1 saturated carbocycles. The van der Waals surface area contributed by atoms with Gasteiger partial charge in [0, 0.05) is 12.6 Å². The summed E-state index contributed by atoms with van der Waals surface area (Å²) in [7, 11) is 0. The summed E-state index contributed by atoms with van der Waals surface area (Å²) in [6.45, 7) is 6.01. The molecule has 0 saturated heterocycles. The normalized spacial score (nSPS) is 24.2. The molecule has 2 aliphatic carbocycles. The second-order valence-corrected chi connectivity index (χ2v) is 6.08. The van der Waals surface area contributed by atoms with Gasteiger partial charge in [0.2, 0.25) is 0 Å². The van der Waals surface area contributed by atoms with Crippen LogP contribution in [0.25, 0.3) is 0 Å². The van der Waals surface area contributed by atoms with Gasteiger partial charge in [-0.1, -0.05) is 38.3 Å². The van der Waals surface area contributed by atoms with Gasteiger partial charge in [-0.15, -0.1) is 0 Å². The van der Waals surface area contributed by atoms with Crippen LogP contribution in [0.1, 0.15) is 65.2 Å². The molecule has 0 aromatic heterocycles. The Hall–Kier alpha value is -0.300. The molecule has 0 bridgehead atoms. The topological polar surface area (TPSA) is 12.0 Å². The Labute approximate surface area is 107 Å². The molecule has 0 aromatic carbocycles. The van der Waals surface area contributed by atoms with Gasteiger partial charge >= 0.3 is 0 Å². The largest absolute Gasteiger partial charge is 0.313 e. The van der Waals surface area contributed by atoms with E-state index in [1.807, 2.05) is 0 Å². The highest BCUT2D eigenvalue weighted by molar-refractivity contribution is 5.11. The number of hydrogen-bond acceptors (Lipinski definition) is 1. The molecule has 1 heteroatoms. The molecule has 98 valence electrons. The van der Waals surface area contributed by atoms with Crippen molar-refractivity contribution in [3.63, 3.8) is 0 Å². The monoisotopic (exact) mass is 235 g/mol. The third kappa shape index (κ3) is 4.13. The molecule has 17 heavy (non-hydrogen) atoms. The van der Waals surface area contributed by atoms with E-state index in [4.69, 9.17) is 0 Å². The van der Waals surface area contributed by atoms with Gasteiger partial charge in [0.1, 0.15) is 0 Å². The molecule has 0 spiro atoms. The minimum absolute atomic E-state index is 0.816. The maximum atomic E-state index is 3.75. The standard InChI is InChI=1S/C16H29N/c1-3-7-13(2)16(12-17-15-10-11-15)14-8-5-4-6-9-14/h8,13,15-17H,3-7,9-12H2,1-2H3. The summed E-state index contributed by atoms with van der Waals surface area (Å²) >= 11 is 0. The van der Waals surface area contributed by atoms with Crippen LogP contribution in [-0.4, -0.2) is 12.6 Å². The quantitative estimate of drug-likeness (QED) is 0.649. The van der Waals surface area contributed by atoms with Crippen molar-refractivity contribution in [1.29, 1.82) is 0 Å². The first-order chi connectivity index (χ1) is 8.31. The van der Waals surface area contributed by atoms with Gasteiger partial charge in [0.25, 0.3) is 0 Å². The van der Waals surface area contributed by atoms with E-state index in [9.17, 15) is 0 Å².